The molecule has 11 N–H and O–H groups in total. The van der Waals surface area contributed by atoms with Crippen molar-refractivity contribution in [1.82, 2.24) is 16.0 Å². The van der Waals surface area contributed by atoms with Crippen LogP contribution in [0.3, 0.4) is 0 Å². The van der Waals surface area contributed by atoms with Gasteiger partial charge in [0.15, 0.2) is 5.96 Å². The van der Waals surface area contributed by atoms with Crippen molar-refractivity contribution in [2.45, 2.75) is 84.0 Å². The van der Waals surface area contributed by atoms with Gasteiger partial charge in [0, 0.05) is 13.0 Å². The van der Waals surface area contributed by atoms with Gasteiger partial charge in [0.2, 0.25) is 17.7 Å². The van der Waals surface area contributed by atoms with Gasteiger partial charge in [-0.05, 0) is 37.5 Å². The van der Waals surface area contributed by atoms with Gasteiger partial charge in [0.25, 0.3) is 0 Å². The number of nitrogens with one attached hydrogen (secondary N) is 3. The van der Waals surface area contributed by atoms with Crippen molar-refractivity contribution in [3.05, 3.63) is 0 Å². The number of amides is 3. The van der Waals surface area contributed by atoms with Crippen molar-refractivity contribution >= 4 is 35.6 Å². The summed E-state index contributed by atoms with van der Waals surface area (Å²) in [5, 5.41) is 25.7. The molecule has 0 saturated heterocycles. The summed E-state index contributed by atoms with van der Waals surface area (Å²) in [7, 11) is 0. The predicted octanol–water partition coefficient (Wildman–Crippen LogP) is -1.53. The number of guanidine groups is 1. The minimum absolute atomic E-state index is 0.00800. The fourth-order valence-corrected chi connectivity index (χ4v) is 3.20. The lowest BCUT2D eigenvalue weighted by Crippen LogP contribution is -2.58. The lowest BCUT2D eigenvalue weighted by molar-refractivity contribution is -0.143. The highest BCUT2D eigenvalue weighted by Crippen LogP contribution is 2.09. The summed E-state index contributed by atoms with van der Waals surface area (Å²) < 4.78 is 0. The third kappa shape index (κ3) is 13.5. The highest BCUT2D eigenvalue weighted by atomic mass is 16.4. The summed E-state index contributed by atoms with van der Waals surface area (Å²) in [6.45, 7) is 7.17. The van der Waals surface area contributed by atoms with Crippen LogP contribution < -0.4 is 33.2 Å². The Morgan fingerprint density at radius 3 is 1.89 bits per heavy atom. The van der Waals surface area contributed by atoms with Crippen LogP contribution in [0.5, 0.6) is 0 Å². The van der Waals surface area contributed by atoms with E-state index in [-0.39, 0.29) is 44.1 Å². The second-order valence-electron chi connectivity index (χ2n) is 9.31. The molecule has 0 saturated carbocycles. The summed E-state index contributed by atoms with van der Waals surface area (Å²) >= 11 is 0. The molecule has 0 radical (unpaired) electrons. The van der Waals surface area contributed by atoms with Gasteiger partial charge >= 0.3 is 11.9 Å². The van der Waals surface area contributed by atoms with E-state index >= 15 is 0 Å². The molecule has 0 heterocycles. The Kier molecular flexibility index (Phi) is 14.7. The summed E-state index contributed by atoms with van der Waals surface area (Å²) in [4.78, 5) is 64.5. The van der Waals surface area contributed by atoms with E-state index in [1.165, 1.54) is 0 Å². The lowest BCUT2D eigenvalue weighted by atomic mass is 9.99. The normalized spacial score (nSPS) is 14.3. The van der Waals surface area contributed by atoms with Crippen LogP contribution in [0.25, 0.3) is 0 Å². The van der Waals surface area contributed by atoms with E-state index in [4.69, 9.17) is 22.3 Å². The van der Waals surface area contributed by atoms with E-state index in [2.05, 4.69) is 20.9 Å². The average molecular weight is 516 g/mol. The molecule has 4 unspecified atom stereocenters. The summed E-state index contributed by atoms with van der Waals surface area (Å²) in [5.74, 6) is -4.93. The zero-order valence-corrected chi connectivity index (χ0v) is 21.3. The summed E-state index contributed by atoms with van der Waals surface area (Å²) in [6, 6.07) is -4.49. The fraction of sp³-hybridized carbons (Fsp3) is 0.727. The standard InChI is InChI=1S/C22H41N7O7/c1-11(2)10-15(21(35)36)28-20(34)17(12(3)4)29-19(33)14(6-5-9-26-22(24)25)27-18(32)13(23)7-8-16(30)31/h11-15,17H,5-10,23H2,1-4H3,(H,27,32)(H,28,34)(H,29,33)(H,30,31)(H,35,36)(H4,24,25,26). The molecule has 0 aromatic carbocycles. The zero-order chi connectivity index (χ0) is 28.0. The minimum atomic E-state index is -1.19. The molecule has 0 rings (SSSR count). The Labute approximate surface area is 210 Å². The molecule has 3 amide bonds. The number of carboxylic acids is 2. The Balaban J connectivity index is 5.53. The number of nitrogens with zero attached hydrogens (tertiary/aromatic N) is 1. The van der Waals surface area contributed by atoms with Gasteiger partial charge in [0.1, 0.15) is 18.1 Å². The van der Waals surface area contributed by atoms with E-state index in [9.17, 15) is 29.1 Å². The van der Waals surface area contributed by atoms with Crippen LogP contribution in [-0.4, -0.2) is 76.5 Å². The first kappa shape index (κ1) is 32.6. The zero-order valence-electron chi connectivity index (χ0n) is 21.3. The molecule has 0 bridgehead atoms. The van der Waals surface area contributed by atoms with Crippen LogP contribution >= 0.6 is 0 Å². The number of nitrogens with two attached hydrogens (primary N) is 3. The summed E-state index contributed by atoms with van der Waals surface area (Å²) in [6.07, 6.45) is 0.142. The van der Waals surface area contributed by atoms with Gasteiger partial charge in [-0.25, -0.2) is 4.79 Å². The molecule has 0 aromatic rings. The molecule has 36 heavy (non-hydrogen) atoms. The Morgan fingerprint density at radius 1 is 0.833 bits per heavy atom. The van der Waals surface area contributed by atoms with Gasteiger partial charge in [0.05, 0.1) is 6.04 Å². The third-order valence-electron chi connectivity index (χ3n) is 5.15. The average Bonchev–Trinajstić information content (AvgIpc) is 2.75. The molecule has 0 aliphatic carbocycles. The number of hydrogen-bond donors (Lipinski definition) is 8. The van der Waals surface area contributed by atoms with Crippen LogP contribution in [0.2, 0.25) is 0 Å². The minimum Gasteiger partial charge on any atom is -0.481 e. The van der Waals surface area contributed by atoms with Crippen molar-refractivity contribution in [3.8, 4) is 0 Å². The molecule has 0 aromatic heterocycles. The van der Waals surface area contributed by atoms with Crippen LogP contribution in [0, 0.1) is 11.8 Å². The molecular weight excluding hydrogens is 474 g/mol. The first-order valence-corrected chi connectivity index (χ1v) is 11.8. The maximum absolute atomic E-state index is 13.1. The maximum Gasteiger partial charge on any atom is 0.326 e. The molecule has 0 spiro atoms. The number of aliphatic imine (C=N–C) groups is 1. The number of carboxylic acid groups (broad SMARTS) is 2. The number of aliphatic carboxylic acids is 2. The van der Waals surface area contributed by atoms with Crippen LogP contribution in [0.4, 0.5) is 0 Å². The maximum atomic E-state index is 13.1. The Bertz CT molecular complexity index is 798. The van der Waals surface area contributed by atoms with Crippen LogP contribution in [0.15, 0.2) is 4.99 Å². The van der Waals surface area contributed by atoms with E-state index < -0.39 is 59.7 Å². The highest BCUT2D eigenvalue weighted by Gasteiger charge is 2.32. The molecular formula is C22H41N7O7. The van der Waals surface area contributed by atoms with Crippen LogP contribution in [-0.2, 0) is 24.0 Å². The van der Waals surface area contributed by atoms with Gasteiger partial charge in [-0.2, -0.15) is 0 Å². The van der Waals surface area contributed by atoms with E-state index in [0.29, 0.717) is 6.42 Å². The Morgan fingerprint density at radius 2 is 1.42 bits per heavy atom. The molecule has 14 heteroatoms. The summed E-state index contributed by atoms with van der Waals surface area (Å²) in [5.41, 5.74) is 16.3. The molecule has 4 atom stereocenters. The fourth-order valence-electron chi connectivity index (χ4n) is 3.20. The third-order valence-corrected chi connectivity index (χ3v) is 5.15. The molecule has 14 nitrogen and oxygen atoms in total. The van der Waals surface area contributed by atoms with Crippen molar-refractivity contribution < 1.29 is 34.2 Å². The largest absolute Gasteiger partial charge is 0.481 e. The van der Waals surface area contributed by atoms with Crippen LogP contribution in [0.1, 0.15) is 59.8 Å². The number of hydrogen-bond acceptors (Lipinski definition) is 7. The number of rotatable bonds is 17. The molecule has 0 aliphatic heterocycles. The van der Waals surface area contributed by atoms with Gasteiger partial charge < -0.3 is 43.4 Å². The number of carbonyl (C=O) groups excluding carboxylic acids is 3. The molecule has 206 valence electrons. The smallest absolute Gasteiger partial charge is 0.326 e. The SMILES string of the molecule is CC(C)CC(NC(=O)C(NC(=O)C(CCCN=C(N)N)NC(=O)C(N)CCC(=O)O)C(C)C)C(=O)O. The highest BCUT2D eigenvalue weighted by molar-refractivity contribution is 5.94. The topological polar surface area (TPSA) is 252 Å². The predicted molar refractivity (Wildman–Crippen MR) is 132 cm³/mol. The van der Waals surface area contributed by atoms with Gasteiger partial charge in [-0.15, -0.1) is 0 Å². The van der Waals surface area contributed by atoms with Crippen molar-refractivity contribution in [2.24, 2.45) is 34.0 Å². The lowest BCUT2D eigenvalue weighted by Gasteiger charge is -2.27. The van der Waals surface area contributed by atoms with E-state index in [0.717, 1.165) is 0 Å². The van der Waals surface area contributed by atoms with Gasteiger partial charge in [-0.1, -0.05) is 27.7 Å². The molecule has 0 aliphatic rings. The second kappa shape index (κ2) is 16.3. The van der Waals surface area contributed by atoms with E-state index in [1.54, 1.807) is 13.8 Å². The van der Waals surface area contributed by atoms with Crippen molar-refractivity contribution in [1.29, 1.82) is 0 Å². The first-order valence-electron chi connectivity index (χ1n) is 11.8. The van der Waals surface area contributed by atoms with E-state index in [1.807, 2.05) is 13.8 Å². The second-order valence-corrected chi connectivity index (χ2v) is 9.31. The monoisotopic (exact) mass is 515 g/mol. The quantitative estimate of drug-likeness (QED) is 0.0630. The first-order chi connectivity index (χ1) is 16.6. The number of carbonyl (C=O) groups is 5. The van der Waals surface area contributed by atoms with Crippen molar-refractivity contribution in [3.63, 3.8) is 0 Å². The van der Waals surface area contributed by atoms with Gasteiger partial charge in [-0.3, -0.25) is 24.2 Å². The van der Waals surface area contributed by atoms with Crippen molar-refractivity contribution in [2.75, 3.05) is 6.54 Å². The molecule has 0 fully saturated rings. The Hall–Kier alpha value is -3.42.